The Hall–Kier alpha value is -1.36. The lowest BCUT2D eigenvalue weighted by molar-refractivity contribution is 0.110. The maximum Gasteiger partial charge on any atom is 0.293 e. The molecule has 1 aromatic heterocycles. The van der Waals surface area contributed by atoms with Crippen molar-refractivity contribution in [2.45, 2.75) is 20.3 Å². The lowest BCUT2D eigenvalue weighted by atomic mass is 10.2. The van der Waals surface area contributed by atoms with Gasteiger partial charge in [-0.1, -0.05) is 13.8 Å². The minimum absolute atomic E-state index is 0.101. The van der Waals surface area contributed by atoms with Gasteiger partial charge in [0.05, 0.1) is 0 Å². The summed E-state index contributed by atoms with van der Waals surface area (Å²) >= 11 is 0. The number of nitrogens with zero attached hydrogens (tertiary/aromatic N) is 2. The fourth-order valence-electron chi connectivity index (χ4n) is 1.32. The van der Waals surface area contributed by atoms with Crippen LogP contribution in [0.15, 0.2) is 17.2 Å². The SMILES string of the molecule is CC(C)COCCCNc1nccn(C)c1=O. The molecular weight excluding hydrogens is 218 g/mol. The highest BCUT2D eigenvalue weighted by Gasteiger charge is 2.00. The zero-order chi connectivity index (χ0) is 12.7. The molecule has 0 aliphatic rings. The summed E-state index contributed by atoms with van der Waals surface area (Å²) in [5.41, 5.74) is -0.101. The Morgan fingerprint density at radius 3 is 3.00 bits per heavy atom. The first-order chi connectivity index (χ1) is 8.11. The number of hydrogen-bond donors (Lipinski definition) is 1. The van der Waals surface area contributed by atoms with Gasteiger partial charge in [-0.05, 0) is 12.3 Å². The molecule has 0 aliphatic heterocycles. The van der Waals surface area contributed by atoms with E-state index in [-0.39, 0.29) is 5.56 Å². The average Bonchev–Trinajstić information content (AvgIpc) is 2.28. The standard InChI is InChI=1S/C12H21N3O2/c1-10(2)9-17-8-4-5-13-11-12(16)15(3)7-6-14-11/h6-7,10H,4-5,8-9H2,1-3H3,(H,13,14). The van der Waals surface area contributed by atoms with Gasteiger partial charge in [0.2, 0.25) is 0 Å². The Kier molecular flexibility index (Phi) is 5.69. The Labute approximate surface area is 102 Å². The van der Waals surface area contributed by atoms with Crippen molar-refractivity contribution in [1.82, 2.24) is 9.55 Å². The van der Waals surface area contributed by atoms with Crippen LogP contribution in [0.4, 0.5) is 5.82 Å². The second kappa shape index (κ2) is 7.06. The topological polar surface area (TPSA) is 56.1 Å². The van der Waals surface area contributed by atoms with Gasteiger partial charge in [-0.3, -0.25) is 4.79 Å². The Bertz CT molecular complexity index is 388. The molecule has 0 fully saturated rings. The molecule has 1 heterocycles. The molecule has 0 saturated carbocycles. The van der Waals surface area contributed by atoms with E-state index in [0.717, 1.165) is 13.0 Å². The van der Waals surface area contributed by atoms with Crippen molar-refractivity contribution in [3.8, 4) is 0 Å². The summed E-state index contributed by atoms with van der Waals surface area (Å²) in [5, 5.41) is 3.02. The van der Waals surface area contributed by atoms with Gasteiger partial charge in [0, 0.05) is 39.2 Å². The lowest BCUT2D eigenvalue weighted by Gasteiger charge is -2.08. The summed E-state index contributed by atoms with van der Waals surface area (Å²) in [6.45, 7) is 6.43. The minimum atomic E-state index is -0.101. The van der Waals surface area contributed by atoms with Crippen LogP contribution in [0.2, 0.25) is 0 Å². The van der Waals surface area contributed by atoms with Gasteiger partial charge in [-0.15, -0.1) is 0 Å². The molecule has 1 aromatic rings. The fourth-order valence-corrected chi connectivity index (χ4v) is 1.32. The maximum atomic E-state index is 11.6. The smallest absolute Gasteiger partial charge is 0.293 e. The Morgan fingerprint density at radius 1 is 1.53 bits per heavy atom. The molecule has 0 bridgehead atoms. The van der Waals surface area contributed by atoms with Crippen molar-refractivity contribution in [1.29, 1.82) is 0 Å². The molecule has 1 N–H and O–H groups in total. The van der Waals surface area contributed by atoms with Crippen LogP contribution in [-0.2, 0) is 11.8 Å². The van der Waals surface area contributed by atoms with Gasteiger partial charge in [-0.2, -0.15) is 0 Å². The van der Waals surface area contributed by atoms with Crippen molar-refractivity contribution in [3.05, 3.63) is 22.7 Å². The average molecular weight is 239 g/mol. The largest absolute Gasteiger partial charge is 0.381 e. The number of aromatic nitrogens is 2. The second-order valence-corrected chi connectivity index (χ2v) is 4.44. The van der Waals surface area contributed by atoms with Crippen molar-refractivity contribution < 1.29 is 4.74 Å². The van der Waals surface area contributed by atoms with Gasteiger partial charge in [0.15, 0.2) is 5.82 Å². The van der Waals surface area contributed by atoms with Crippen molar-refractivity contribution in [2.24, 2.45) is 13.0 Å². The van der Waals surface area contributed by atoms with E-state index in [1.54, 1.807) is 19.4 Å². The van der Waals surface area contributed by atoms with Gasteiger partial charge < -0.3 is 14.6 Å². The number of anilines is 1. The number of aryl methyl sites for hydroxylation is 1. The molecule has 0 atom stereocenters. The number of nitrogens with one attached hydrogen (secondary N) is 1. The summed E-state index contributed by atoms with van der Waals surface area (Å²) < 4.78 is 6.95. The van der Waals surface area contributed by atoms with Gasteiger partial charge in [0.25, 0.3) is 5.56 Å². The molecule has 1 rings (SSSR count). The molecule has 0 spiro atoms. The van der Waals surface area contributed by atoms with Crippen molar-refractivity contribution in [3.63, 3.8) is 0 Å². The quantitative estimate of drug-likeness (QED) is 0.728. The summed E-state index contributed by atoms with van der Waals surface area (Å²) in [4.78, 5) is 15.6. The summed E-state index contributed by atoms with van der Waals surface area (Å²) in [5.74, 6) is 0.963. The van der Waals surface area contributed by atoms with E-state index in [0.29, 0.717) is 24.9 Å². The molecule has 0 saturated heterocycles. The zero-order valence-electron chi connectivity index (χ0n) is 10.8. The zero-order valence-corrected chi connectivity index (χ0v) is 10.8. The maximum absolute atomic E-state index is 11.6. The predicted molar refractivity (Wildman–Crippen MR) is 68.2 cm³/mol. The van der Waals surface area contributed by atoms with Crippen molar-refractivity contribution >= 4 is 5.82 Å². The van der Waals surface area contributed by atoms with Crippen LogP contribution >= 0.6 is 0 Å². The molecule has 0 radical (unpaired) electrons. The van der Waals surface area contributed by atoms with E-state index < -0.39 is 0 Å². The number of ether oxygens (including phenoxy) is 1. The van der Waals surface area contributed by atoms with Crippen LogP contribution in [-0.4, -0.2) is 29.3 Å². The lowest BCUT2D eigenvalue weighted by Crippen LogP contribution is -2.22. The van der Waals surface area contributed by atoms with E-state index in [1.165, 1.54) is 4.57 Å². The first-order valence-corrected chi connectivity index (χ1v) is 5.94. The molecule has 17 heavy (non-hydrogen) atoms. The van der Waals surface area contributed by atoms with Crippen LogP contribution in [0.25, 0.3) is 0 Å². The second-order valence-electron chi connectivity index (χ2n) is 4.44. The van der Waals surface area contributed by atoms with E-state index in [2.05, 4.69) is 24.1 Å². The molecular formula is C12H21N3O2. The summed E-state index contributed by atoms with van der Waals surface area (Å²) in [6, 6.07) is 0. The van der Waals surface area contributed by atoms with Gasteiger partial charge in [0.1, 0.15) is 0 Å². The first kappa shape index (κ1) is 13.7. The number of hydrogen-bond acceptors (Lipinski definition) is 4. The van der Waals surface area contributed by atoms with Crippen LogP contribution in [0.1, 0.15) is 20.3 Å². The van der Waals surface area contributed by atoms with E-state index >= 15 is 0 Å². The fraction of sp³-hybridized carbons (Fsp3) is 0.667. The first-order valence-electron chi connectivity index (χ1n) is 5.94. The molecule has 0 unspecified atom stereocenters. The van der Waals surface area contributed by atoms with Crippen LogP contribution in [0.3, 0.4) is 0 Å². The highest BCUT2D eigenvalue weighted by Crippen LogP contribution is 1.95. The summed E-state index contributed by atoms with van der Waals surface area (Å²) in [6.07, 6.45) is 4.12. The highest BCUT2D eigenvalue weighted by molar-refractivity contribution is 5.30. The Balaban J connectivity index is 2.23. The van der Waals surface area contributed by atoms with Crippen molar-refractivity contribution in [2.75, 3.05) is 25.1 Å². The molecule has 0 aromatic carbocycles. The molecule has 5 nitrogen and oxygen atoms in total. The number of rotatable bonds is 7. The third-order valence-electron chi connectivity index (χ3n) is 2.23. The van der Waals surface area contributed by atoms with Gasteiger partial charge >= 0.3 is 0 Å². The van der Waals surface area contributed by atoms with E-state index in [1.807, 2.05) is 0 Å². The van der Waals surface area contributed by atoms with E-state index in [9.17, 15) is 4.79 Å². The van der Waals surface area contributed by atoms with Gasteiger partial charge in [-0.25, -0.2) is 4.98 Å². The van der Waals surface area contributed by atoms with Crippen LogP contribution in [0, 0.1) is 5.92 Å². The molecule has 0 amide bonds. The van der Waals surface area contributed by atoms with E-state index in [4.69, 9.17) is 4.74 Å². The van der Waals surface area contributed by atoms with Crippen LogP contribution in [0.5, 0.6) is 0 Å². The predicted octanol–water partition coefficient (Wildman–Crippen LogP) is 1.25. The third kappa shape index (κ3) is 4.99. The minimum Gasteiger partial charge on any atom is -0.381 e. The monoisotopic (exact) mass is 239 g/mol. The third-order valence-corrected chi connectivity index (χ3v) is 2.23. The summed E-state index contributed by atoms with van der Waals surface area (Å²) in [7, 11) is 1.71. The molecule has 0 aliphatic carbocycles. The van der Waals surface area contributed by atoms with Crippen LogP contribution < -0.4 is 10.9 Å². The highest BCUT2D eigenvalue weighted by atomic mass is 16.5. The Morgan fingerprint density at radius 2 is 2.29 bits per heavy atom. The normalized spacial score (nSPS) is 10.8. The molecule has 96 valence electrons. The molecule has 5 heteroatoms.